The second kappa shape index (κ2) is 5.14. The molecule has 1 aliphatic heterocycles. The van der Waals surface area contributed by atoms with E-state index >= 15 is 0 Å². The fourth-order valence-corrected chi connectivity index (χ4v) is 3.28. The number of rotatable bonds is 3. The van der Waals surface area contributed by atoms with Crippen LogP contribution < -0.4 is 10.6 Å². The van der Waals surface area contributed by atoms with Crippen molar-refractivity contribution < 1.29 is 4.79 Å². The first-order valence-corrected chi connectivity index (χ1v) is 7.18. The Morgan fingerprint density at radius 1 is 1.53 bits per heavy atom. The Labute approximate surface area is 115 Å². The summed E-state index contributed by atoms with van der Waals surface area (Å²) in [6.07, 6.45) is 4.03. The molecule has 0 bridgehead atoms. The Morgan fingerprint density at radius 2 is 2.42 bits per heavy atom. The fraction of sp³-hybridized carbons (Fsp3) is 0.385. The molecular weight excluding hydrogens is 260 g/mol. The minimum Gasteiger partial charge on any atom is -0.309 e. The summed E-state index contributed by atoms with van der Waals surface area (Å²) in [5.41, 5.74) is 0. The van der Waals surface area contributed by atoms with E-state index in [1.807, 2.05) is 12.1 Å². The first kappa shape index (κ1) is 12.4. The van der Waals surface area contributed by atoms with Crippen molar-refractivity contribution in [1.29, 1.82) is 0 Å². The quantitative estimate of drug-likeness (QED) is 0.903. The predicted molar refractivity (Wildman–Crippen MR) is 75.5 cm³/mol. The Hall–Kier alpha value is -1.66. The van der Waals surface area contributed by atoms with Crippen molar-refractivity contribution in [2.75, 3.05) is 11.9 Å². The van der Waals surface area contributed by atoms with Gasteiger partial charge in [0.2, 0.25) is 0 Å². The molecule has 1 aliphatic rings. The number of amides is 1. The van der Waals surface area contributed by atoms with Crippen LogP contribution in [0.15, 0.2) is 24.4 Å². The van der Waals surface area contributed by atoms with Gasteiger partial charge in [-0.1, -0.05) is 0 Å². The van der Waals surface area contributed by atoms with Crippen LogP contribution in [0.4, 0.5) is 5.82 Å². The molecule has 0 aromatic carbocycles. The van der Waals surface area contributed by atoms with Crippen molar-refractivity contribution in [2.45, 2.75) is 18.9 Å². The molecule has 0 saturated carbocycles. The molecule has 1 amide bonds. The van der Waals surface area contributed by atoms with Crippen LogP contribution in [0.2, 0.25) is 0 Å². The average Bonchev–Trinajstić information content (AvgIpc) is 3.09. The summed E-state index contributed by atoms with van der Waals surface area (Å²) in [7, 11) is 1.80. The minimum absolute atomic E-state index is 0.0714. The summed E-state index contributed by atoms with van der Waals surface area (Å²) in [5, 5.41) is 10.3. The van der Waals surface area contributed by atoms with Gasteiger partial charge in [-0.15, -0.1) is 11.3 Å². The Kier molecular flexibility index (Phi) is 3.35. The zero-order chi connectivity index (χ0) is 13.2. The van der Waals surface area contributed by atoms with E-state index < -0.39 is 0 Å². The van der Waals surface area contributed by atoms with Gasteiger partial charge in [-0.25, -0.2) is 0 Å². The zero-order valence-corrected chi connectivity index (χ0v) is 11.5. The number of thiophene rings is 1. The molecule has 2 aromatic rings. The molecule has 6 heteroatoms. The molecule has 19 heavy (non-hydrogen) atoms. The Balaban J connectivity index is 1.72. The molecule has 0 spiro atoms. The van der Waals surface area contributed by atoms with Crippen LogP contribution in [-0.2, 0) is 7.05 Å². The molecular formula is C13H16N4OS. The standard InChI is InChI=1S/C13H16N4OS/c1-17-12(6-8-15-17)16-13(18)11-5-4-10(19-11)9-3-2-7-14-9/h4-6,8-9,14H,2-3,7H2,1H3,(H,16,18). The fourth-order valence-electron chi connectivity index (χ4n) is 2.26. The third kappa shape index (κ3) is 2.54. The van der Waals surface area contributed by atoms with Crippen LogP contribution in [0.3, 0.4) is 0 Å². The number of carbonyl (C=O) groups excluding carboxylic acids is 1. The third-order valence-electron chi connectivity index (χ3n) is 3.32. The second-order valence-electron chi connectivity index (χ2n) is 4.65. The van der Waals surface area contributed by atoms with Gasteiger partial charge < -0.3 is 10.6 Å². The molecule has 3 rings (SSSR count). The lowest BCUT2D eigenvalue weighted by molar-refractivity contribution is 0.102. The van der Waals surface area contributed by atoms with E-state index in [1.54, 1.807) is 35.3 Å². The van der Waals surface area contributed by atoms with Gasteiger partial charge >= 0.3 is 0 Å². The molecule has 3 heterocycles. The van der Waals surface area contributed by atoms with E-state index in [0.717, 1.165) is 17.8 Å². The van der Waals surface area contributed by atoms with Crippen LogP contribution in [0.5, 0.6) is 0 Å². The van der Waals surface area contributed by atoms with Crippen LogP contribution >= 0.6 is 11.3 Å². The molecule has 1 atom stereocenters. The number of nitrogens with zero attached hydrogens (tertiary/aromatic N) is 2. The Bertz CT molecular complexity index is 583. The lowest BCUT2D eigenvalue weighted by atomic mass is 10.2. The molecule has 1 unspecified atom stereocenters. The van der Waals surface area contributed by atoms with Crippen molar-refractivity contribution in [1.82, 2.24) is 15.1 Å². The summed E-state index contributed by atoms with van der Waals surface area (Å²) in [4.78, 5) is 14.1. The molecule has 0 aliphatic carbocycles. The first-order valence-electron chi connectivity index (χ1n) is 6.36. The number of aromatic nitrogens is 2. The zero-order valence-electron chi connectivity index (χ0n) is 10.7. The summed E-state index contributed by atoms with van der Waals surface area (Å²) in [6, 6.07) is 6.14. The third-order valence-corrected chi connectivity index (χ3v) is 4.51. The van der Waals surface area contributed by atoms with Gasteiger partial charge in [0.05, 0.1) is 11.1 Å². The van der Waals surface area contributed by atoms with Gasteiger partial charge in [-0.2, -0.15) is 5.10 Å². The largest absolute Gasteiger partial charge is 0.309 e. The topological polar surface area (TPSA) is 59.0 Å². The summed E-state index contributed by atoms with van der Waals surface area (Å²) < 4.78 is 1.64. The van der Waals surface area contributed by atoms with Crippen LogP contribution in [0, 0.1) is 0 Å². The van der Waals surface area contributed by atoms with Gasteiger partial charge in [-0.05, 0) is 31.5 Å². The maximum atomic E-state index is 12.1. The predicted octanol–water partition coefficient (Wildman–Crippen LogP) is 2.16. The number of carbonyl (C=O) groups is 1. The minimum atomic E-state index is -0.0714. The molecule has 0 radical (unpaired) electrons. The van der Waals surface area contributed by atoms with Gasteiger partial charge in [0.15, 0.2) is 0 Å². The average molecular weight is 276 g/mol. The number of nitrogens with one attached hydrogen (secondary N) is 2. The monoisotopic (exact) mass is 276 g/mol. The number of hydrogen-bond donors (Lipinski definition) is 2. The van der Waals surface area contributed by atoms with E-state index in [9.17, 15) is 4.79 Å². The molecule has 1 fully saturated rings. The highest BCUT2D eigenvalue weighted by Gasteiger charge is 2.19. The summed E-state index contributed by atoms with van der Waals surface area (Å²) in [5.74, 6) is 0.636. The molecule has 100 valence electrons. The van der Waals surface area contributed by atoms with E-state index in [4.69, 9.17) is 0 Å². The van der Waals surface area contributed by atoms with Crippen molar-refractivity contribution >= 4 is 23.1 Å². The van der Waals surface area contributed by atoms with Crippen LogP contribution in [0.1, 0.15) is 33.4 Å². The highest BCUT2D eigenvalue weighted by Crippen LogP contribution is 2.29. The van der Waals surface area contributed by atoms with E-state index in [-0.39, 0.29) is 5.91 Å². The van der Waals surface area contributed by atoms with Crippen LogP contribution in [-0.4, -0.2) is 22.2 Å². The van der Waals surface area contributed by atoms with Crippen molar-refractivity contribution in [2.24, 2.45) is 7.05 Å². The maximum Gasteiger partial charge on any atom is 0.266 e. The summed E-state index contributed by atoms with van der Waals surface area (Å²) in [6.45, 7) is 1.07. The second-order valence-corrected chi connectivity index (χ2v) is 5.76. The Morgan fingerprint density at radius 3 is 3.11 bits per heavy atom. The number of aryl methyl sites for hydroxylation is 1. The SMILES string of the molecule is Cn1nccc1NC(=O)c1ccc(C2CCCN2)s1. The van der Waals surface area contributed by atoms with Crippen molar-refractivity contribution in [3.8, 4) is 0 Å². The van der Waals surface area contributed by atoms with Crippen LogP contribution in [0.25, 0.3) is 0 Å². The smallest absolute Gasteiger partial charge is 0.266 e. The van der Waals surface area contributed by atoms with E-state index in [1.165, 1.54) is 11.3 Å². The highest BCUT2D eigenvalue weighted by atomic mass is 32.1. The first-order chi connectivity index (χ1) is 9.24. The highest BCUT2D eigenvalue weighted by molar-refractivity contribution is 7.14. The normalized spacial score (nSPS) is 18.7. The molecule has 2 N–H and O–H groups in total. The van der Waals surface area contributed by atoms with Crippen molar-refractivity contribution in [3.05, 3.63) is 34.2 Å². The number of hydrogen-bond acceptors (Lipinski definition) is 4. The van der Waals surface area contributed by atoms with E-state index in [2.05, 4.69) is 15.7 Å². The van der Waals surface area contributed by atoms with Gasteiger partial charge in [0, 0.05) is 24.0 Å². The van der Waals surface area contributed by atoms with Crippen molar-refractivity contribution in [3.63, 3.8) is 0 Å². The lowest BCUT2D eigenvalue weighted by Gasteiger charge is -2.06. The summed E-state index contributed by atoms with van der Waals surface area (Å²) >= 11 is 1.56. The molecule has 5 nitrogen and oxygen atoms in total. The maximum absolute atomic E-state index is 12.1. The molecule has 1 saturated heterocycles. The van der Waals surface area contributed by atoms with E-state index in [0.29, 0.717) is 11.9 Å². The van der Waals surface area contributed by atoms with Gasteiger partial charge in [0.25, 0.3) is 5.91 Å². The number of anilines is 1. The lowest BCUT2D eigenvalue weighted by Crippen LogP contribution is -2.13. The molecule has 2 aromatic heterocycles. The van der Waals surface area contributed by atoms with Gasteiger partial charge in [-0.3, -0.25) is 9.48 Å². The van der Waals surface area contributed by atoms with Gasteiger partial charge in [0.1, 0.15) is 5.82 Å².